The van der Waals surface area contributed by atoms with Gasteiger partial charge in [0.1, 0.15) is 12.0 Å². The molecule has 3 nitrogen and oxygen atoms in total. The Labute approximate surface area is 63.9 Å². The van der Waals surface area contributed by atoms with Gasteiger partial charge in [0.2, 0.25) is 0 Å². The van der Waals surface area contributed by atoms with E-state index >= 15 is 0 Å². The highest BCUT2D eigenvalue weighted by atomic mass is 16.3. The van der Waals surface area contributed by atoms with Crippen molar-refractivity contribution in [3.05, 3.63) is 36.1 Å². The first-order valence-electron chi connectivity index (χ1n) is 3.07. The molecule has 0 heterocycles. The number of hydrogen-bond acceptors (Lipinski definition) is 3. The highest BCUT2D eigenvalue weighted by molar-refractivity contribution is 5.57. The molecule has 0 fully saturated rings. The molecular formula is C8H8O3. The van der Waals surface area contributed by atoms with Gasteiger partial charge in [0, 0.05) is 5.56 Å². The number of benzene rings is 1. The van der Waals surface area contributed by atoms with Gasteiger partial charge in [0.25, 0.3) is 0 Å². The van der Waals surface area contributed by atoms with Gasteiger partial charge in [-0.15, -0.1) is 0 Å². The Morgan fingerprint density at radius 1 is 1.18 bits per heavy atom. The van der Waals surface area contributed by atoms with E-state index in [9.17, 15) is 0 Å². The van der Waals surface area contributed by atoms with Crippen LogP contribution in [-0.2, 0) is 0 Å². The second-order valence-electron chi connectivity index (χ2n) is 2.06. The molecule has 1 aromatic carbocycles. The summed E-state index contributed by atoms with van der Waals surface area (Å²) in [5.74, 6) is -0.0931. The van der Waals surface area contributed by atoms with Crippen molar-refractivity contribution in [3.63, 3.8) is 0 Å². The molecule has 0 aliphatic carbocycles. The monoisotopic (exact) mass is 152 g/mol. The lowest BCUT2D eigenvalue weighted by molar-refractivity contribution is 0.431. The van der Waals surface area contributed by atoms with Crippen LogP contribution in [0.15, 0.2) is 30.5 Å². The van der Waals surface area contributed by atoms with Crippen molar-refractivity contribution in [2.24, 2.45) is 0 Å². The zero-order valence-electron chi connectivity index (χ0n) is 5.73. The van der Waals surface area contributed by atoms with E-state index in [-0.39, 0.29) is 11.5 Å². The minimum Gasteiger partial charge on any atom is -0.512 e. The molecule has 0 aromatic heterocycles. The number of aromatic hydroxyl groups is 1. The zero-order valence-corrected chi connectivity index (χ0v) is 5.73. The van der Waals surface area contributed by atoms with E-state index in [2.05, 4.69) is 0 Å². The number of aliphatic hydroxyl groups excluding tert-OH is 2. The van der Waals surface area contributed by atoms with Crippen molar-refractivity contribution in [2.45, 2.75) is 0 Å². The van der Waals surface area contributed by atoms with Crippen molar-refractivity contribution in [1.29, 1.82) is 0 Å². The van der Waals surface area contributed by atoms with E-state index in [1.165, 1.54) is 24.3 Å². The summed E-state index contributed by atoms with van der Waals surface area (Å²) in [6.07, 6.45) is 0.604. The quantitative estimate of drug-likeness (QED) is 0.538. The fourth-order valence-electron chi connectivity index (χ4n) is 0.707. The van der Waals surface area contributed by atoms with Gasteiger partial charge in [-0.25, -0.2) is 0 Å². The van der Waals surface area contributed by atoms with Gasteiger partial charge in [-0.2, -0.15) is 0 Å². The van der Waals surface area contributed by atoms with E-state index in [0.29, 0.717) is 11.8 Å². The SMILES string of the molecule is OC=C(O)c1ccc(O)cc1. The Kier molecular flexibility index (Phi) is 2.01. The van der Waals surface area contributed by atoms with Crippen LogP contribution in [0.1, 0.15) is 5.56 Å². The number of hydrogen-bond donors (Lipinski definition) is 3. The molecule has 11 heavy (non-hydrogen) atoms. The van der Waals surface area contributed by atoms with Crippen molar-refractivity contribution in [2.75, 3.05) is 0 Å². The van der Waals surface area contributed by atoms with E-state index in [0.717, 1.165) is 0 Å². The lowest BCUT2D eigenvalue weighted by Gasteiger charge is -1.97. The van der Waals surface area contributed by atoms with Gasteiger partial charge >= 0.3 is 0 Å². The maximum atomic E-state index is 8.95. The minimum atomic E-state index is -0.218. The summed E-state index contributed by atoms with van der Waals surface area (Å²) >= 11 is 0. The summed E-state index contributed by atoms with van der Waals surface area (Å²) in [4.78, 5) is 0. The molecule has 0 atom stereocenters. The molecule has 3 N–H and O–H groups in total. The average Bonchev–Trinajstić information content (AvgIpc) is 2.05. The van der Waals surface area contributed by atoms with Gasteiger partial charge in [-0.3, -0.25) is 0 Å². The van der Waals surface area contributed by atoms with Crippen LogP contribution in [0.2, 0.25) is 0 Å². The maximum absolute atomic E-state index is 8.95. The smallest absolute Gasteiger partial charge is 0.157 e. The molecule has 0 saturated heterocycles. The van der Waals surface area contributed by atoms with Crippen molar-refractivity contribution in [3.8, 4) is 5.75 Å². The summed E-state index contributed by atoms with van der Waals surface area (Å²) < 4.78 is 0. The molecule has 0 radical (unpaired) electrons. The molecule has 0 aliphatic heterocycles. The van der Waals surface area contributed by atoms with Gasteiger partial charge in [-0.05, 0) is 24.3 Å². The average molecular weight is 152 g/mol. The summed E-state index contributed by atoms with van der Waals surface area (Å²) in [5, 5.41) is 26.2. The van der Waals surface area contributed by atoms with Gasteiger partial charge in [0.05, 0.1) is 0 Å². The van der Waals surface area contributed by atoms with Crippen LogP contribution in [0.25, 0.3) is 5.76 Å². The lowest BCUT2D eigenvalue weighted by Crippen LogP contribution is -1.80. The van der Waals surface area contributed by atoms with E-state index in [1.54, 1.807) is 0 Å². The van der Waals surface area contributed by atoms with Crippen molar-refractivity contribution < 1.29 is 15.3 Å². The minimum absolute atomic E-state index is 0.125. The first kappa shape index (κ1) is 7.47. The molecule has 0 saturated carbocycles. The Bertz CT molecular complexity index is 261. The Morgan fingerprint density at radius 3 is 2.18 bits per heavy atom. The zero-order chi connectivity index (χ0) is 8.27. The van der Waals surface area contributed by atoms with Crippen LogP contribution in [0.3, 0.4) is 0 Å². The van der Waals surface area contributed by atoms with Gasteiger partial charge in [0.15, 0.2) is 5.76 Å². The highest BCUT2D eigenvalue weighted by Crippen LogP contribution is 2.14. The van der Waals surface area contributed by atoms with Crippen molar-refractivity contribution >= 4 is 5.76 Å². The third kappa shape index (κ3) is 1.64. The van der Waals surface area contributed by atoms with Gasteiger partial charge in [-0.1, -0.05) is 0 Å². The van der Waals surface area contributed by atoms with E-state index < -0.39 is 0 Å². The van der Waals surface area contributed by atoms with Crippen LogP contribution in [-0.4, -0.2) is 15.3 Å². The van der Waals surface area contributed by atoms with Gasteiger partial charge < -0.3 is 15.3 Å². The molecule has 0 spiro atoms. The third-order valence-corrected chi connectivity index (χ3v) is 1.29. The molecule has 0 unspecified atom stereocenters. The molecule has 3 heteroatoms. The highest BCUT2D eigenvalue weighted by Gasteiger charge is 1.96. The van der Waals surface area contributed by atoms with Crippen LogP contribution >= 0.6 is 0 Å². The number of phenolic OH excluding ortho intramolecular Hbond substituents is 1. The second kappa shape index (κ2) is 2.96. The normalized spacial score (nSPS) is 11.5. The first-order valence-corrected chi connectivity index (χ1v) is 3.07. The summed E-state index contributed by atoms with van der Waals surface area (Å²) in [6.45, 7) is 0. The van der Waals surface area contributed by atoms with Crippen LogP contribution < -0.4 is 0 Å². The number of phenols is 1. The summed E-state index contributed by atoms with van der Waals surface area (Å²) in [6, 6.07) is 5.85. The molecular weight excluding hydrogens is 144 g/mol. The second-order valence-corrected chi connectivity index (χ2v) is 2.06. The maximum Gasteiger partial charge on any atom is 0.157 e. The molecule has 58 valence electrons. The van der Waals surface area contributed by atoms with Crippen LogP contribution in [0, 0.1) is 0 Å². The molecule has 0 aliphatic rings. The van der Waals surface area contributed by atoms with Crippen molar-refractivity contribution in [1.82, 2.24) is 0 Å². The van der Waals surface area contributed by atoms with E-state index in [1.807, 2.05) is 0 Å². The predicted octanol–water partition coefficient (Wildman–Crippen LogP) is 1.81. The fraction of sp³-hybridized carbons (Fsp3) is 0. The fourth-order valence-corrected chi connectivity index (χ4v) is 0.707. The largest absolute Gasteiger partial charge is 0.512 e. The summed E-state index contributed by atoms with van der Waals surface area (Å²) in [5.41, 5.74) is 0.463. The van der Waals surface area contributed by atoms with E-state index in [4.69, 9.17) is 15.3 Å². The number of aliphatic hydroxyl groups is 2. The predicted molar refractivity (Wildman–Crippen MR) is 41.3 cm³/mol. The molecule has 1 aromatic rings. The Balaban J connectivity index is 2.99. The number of rotatable bonds is 1. The molecule has 1 rings (SSSR count). The van der Waals surface area contributed by atoms with Crippen LogP contribution in [0.4, 0.5) is 0 Å². The first-order chi connectivity index (χ1) is 5.24. The Morgan fingerprint density at radius 2 is 1.73 bits per heavy atom. The Hall–Kier alpha value is -1.64. The molecule has 0 bridgehead atoms. The standard InChI is InChI=1S/C8H8O3/c9-5-8(11)6-1-3-7(10)4-2-6/h1-5,9-11H. The lowest BCUT2D eigenvalue weighted by atomic mass is 10.2. The molecule has 0 amide bonds. The topological polar surface area (TPSA) is 60.7 Å². The summed E-state index contributed by atoms with van der Waals surface area (Å²) in [7, 11) is 0. The third-order valence-electron chi connectivity index (χ3n) is 1.29. The van der Waals surface area contributed by atoms with Crippen LogP contribution in [0.5, 0.6) is 5.75 Å².